The molecule has 1 saturated heterocycles. The summed E-state index contributed by atoms with van der Waals surface area (Å²) in [5, 5.41) is 1.69. The SMILES string of the molecule is CC(C)Cn1cc(/C=C2\C(=O)N(C)C(=S)N2C)c2ccccc21. The van der Waals surface area contributed by atoms with Gasteiger partial charge in [0.2, 0.25) is 0 Å². The van der Waals surface area contributed by atoms with E-state index in [4.69, 9.17) is 12.2 Å². The molecule has 2 heterocycles. The van der Waals surface area contributed by atoms with Crippen LogP contribution in [-0.2, 0) is 11.3 Å². The first kappa shape index (κ1) is 15.7. The van der Waals surface area contributed by atoms with Crippen molar-refractivity contribution in [2.45, 2.75) is 20.4 Å². The molecule has 1 aliphatic heterocycles. The van der Waals surface area contributed by atoms with Gasteiger partial charge in [0.15, 0.2) is 5.11 Å². The van der Waals surface area contributed by atoms with Crippen molar-refractivity contribution in [1.82, 2.24) is 14.4 Å². The number of carbonyl (C=O) groups excluding carboxylic acids is 1. The molecule has 0 aliphatic carbocycles. The summed E-state index contributed by atoms with van der Waals surface area (Å²) in [5.74, 6) is 0.499. The Balaban J connectivity index is 2.12. The Morgan fingerprint density at radius 3 is 2.48 bits per heavy atom. The first-order chi connectivity index (χ1) is 10.9. The molecule has 120 valence electrons. The second-order valence-corrected chi connectivity index (χ2v) is 6.75. The van der Waals surface area contributed by atoms with Crippen LogP contribution in [0.1, 0.15) is 19.4 Å². The second kappa shape index (κ2) is 5.81. The molecular weight excluding hydrogens is 306 g/mol. The summed E-state index contributed by atoms with van der Waals surface area (Å²) in [6, 6.07) is 8.30. The number of benzene rings is 1. The summed E-state index contributed by atoms with van der Waals surface area (Å²) in [4.78, 5) is 15.7. The van der Waals surface area contributed by atoms with E-state index in [1.54, 1.807) is 11.9 Å². The van der Waals surface area contributed by atoms with Crippen LogP contribution < -0.4 is 0 Å². The van der Waals surface area contributed by atoms with Crippen LogP contribution in [0.25, 0.3) is 17.0 Å². The molecule has 23 heavy (non-hydrogen) atoms. The largest absolute Gasteiger partial charge is 0.347 e. The van der Waals surface area contributed by atoms with Crippen LogP contribution >= 0.6 is 12.2 Å². The Morgan fingerprint density at radius 1 is 1.17 bits per heavy atom. The third kappa shape index (κ3) is 2.65. The molecule has 0 N–H and O–H groups in total. The predicted molar refractivity (Wildman–Crippen MR) is 97.9 cm³/mol. The molecule has 1 fully saturated rings. The number of nitrogens with zero attached hydrogens (tertiary/aromatic N) is 3. The lowest BCUT2D eigenvalue weighted by atomic mass is 10.1. The molecule has 3 rings (SSSR count). The van der Waals surface area contributed by atoms with Crippen molar-refractivity contribution < 1.29 is 4.79 Å². The topological polar surface area (TPSA) is 28.5 Å². The van der Waals surface area contributed by atoms with Gasteiger partial charge in [-0.05, 0) is 30.3 Å². The van der Waals surface area contributed by atoms with E-state index in [9.17, 15) is 4.79 Å². The molecule has 0 bridgehead atoms. The Kier molecular flexibility index (Phi) is 3.98. The zero-order chi connectivity index (χ0) is 16.7. The van der Waals surface area contributed by atoms with Crippen LogP contribution in [0.15, 0.2) is 36.2 Å². The molecule has 4 nitrogen and oxygen atoms in total. The molecule has 1 amide bonds. The van der Waals surface area contributed by atoms with Crippen LogP contribution in [0.5, 0.6) is 0 Å². The Bertz CT molecular complexity index is 819. The van der Waals surface area contributed by atoms with Crippen LogP contribution in [0.4, 0.5) is 0 Å². The number of fused-ring (bicyclic) bond motifs is 1. The molecule has 0 unspecified atom stereocenters. The Hall–Kier alpha value is -2.14. The number of para-hydroxylation sites is 1. The van der Waals surface area contributed by atoms with E-state index in [1.165, 1.54) is 10.4 Å². The quantitative estimate of drug-likeness (QED) is 0.639. The molecule has 5 heteroatoms. The maximum Gasteiger partial charge on any atom is 0.276 e. The highest BCUT2D eigenvalue weighted by Crippen LogP contribution is 2.27. The molecule has 2 aromatic rings. The number of hydrogen-bond donors (Lipinski definition) is 0. The van der Waals surface area contributed by atoms with Crippen molar-refractivity contribution in [3.8, 4) is 0 Å². The van der Waals surface area contributed by atoms with Gasteiger partial charge in [0.05, 0.1) is 0 Å². The summed E-state index contributed by atoms with van der Waals surface area (Å²) in [6.07, 6.45) is 4.07. The molecule has 1 aromatic carbocycles. The van der Waals surface area contributed by atoms with E-state index >= 15 is 0 Å². The first-order valence-electron chi connectivity index (χ1n) is 7.75. The summed E-state index contributed by atoms with van der Waals surface area (Å²) in [6.45, 7) is 5.36. The van der Waals surface area contributed by atoms with Crippen molar-refractivity contribution in [3.05, 3.63) is 41.7 Å². The normalized spacial score (nSPS) is 17.3. The number of hydrogen-bond acceptors (Lipinski definition) is 2. The van der Waals surface area contributed by atoms with Gasteiger partial charge in [0.1, 0.15) is 5.70 Å². The summed E-state index contributed by atoms with van der Waals surface area (Å²) >= 11 is 5.28. The standard InChI is InChI=1S/C18H21N3OS/c1-12(2)10-21-11-13(14-7-5-6-8-15(14)21)9-16-17(22)20(4)18(23)19(16)3/h5-9,11-12H,10H2,1-4H3/b16-9+. The maximum atomic E-state index is 12.4. The lowest BCUT2D eigenvalue weighted by Gasteiger charge is -2.10. The number of likely N-dealkylation sites (N-methyl/N-ethyl adjacent to an activating group) is 2. The fourth-order valence-electron chi connectivity index (χ4n) is 2.97. The number of carbonyl (C=O) groups is 1. The van der Waals surface area contributed by atoms with Gasteiger partial charge in [-0.25, -0.2) is 0 Å². The second-order valence-electron chi connectivity index (χ2n) is 6.38. The average Bonchev–Trinajstić information content (AvgIpc) is 2.94. The van der Waals surface area contributed by atoms with Gasteiger partial charge in [-0.2, -0.15) is 0 Å². The number of thiocarbonyl (C=S) groups is 1. The molecule has 1 aliphatic rings. The third-order valence-electron chi connectivity index (χ3n) is 4.13. The lowest BCUT2D eigenvalue weighted by molar-refractivity contribution is -0.121. The molecular formula is C18H21N3OS. The molecule has 1 aromatic heterocycles. The Morgan fingerprint density at radius 2 is 1.87 bits per heavy atom. The van der Waals surface area contributed by atoms with Crippen LogP contribution in [0.2, 0.25) is 0 Å². The minimum atomic E-state index is -0.0572. The van der Waals surface area contributed by atoms with Gasteiger partial charge in [-0.15, -0.1) is 0 Å². The van der Waals surface area contributed by atoms with Gasteiger partial charge in [-0.3, -0.25) is 9.69 Å². The predicted octanol–water partition coefficient (Wildman–Crippen LogP) is 3.33. The number of aromatic nitrogens is 1. The monoisotopic (exact) mass is 327 g/mol. The zero-order valence-corrected chi connectivity index (χ0v) is 14.7. The molecule has 0 saturated carbocycles. The van der Waals surface area contributed by atoms with Gasteiger partial charge in [0.25, 0.3) is 5.91 Å². The fourth-order valence-corrected chi connectivity index (χ4v) is 3.15. The lowest BCUT2D eigenvalue weighted by Crippen LogP contribution is -2.26. The Labute approximate surface area is 142 Å². The highest BCUT2D eigenvalue weighted by molar-refractivity contribution is 7.80. The zero-order valence-electron chi connectivity index (χ0n) is 13.9. The summed E-state index contributed by atoms with van der Waals surface area (Å²) in [7, 11) is 3.55. The fraction of sp³-hybridized carbons (Fsp3) is 0.333. The van der Waals surface area contributed by atoms with Gasteiger partial charge >= 0.3 is 0 Å². The van der Waals surface area contributed by atoms with Crippen LogP contribution in [0.3, 0.4) is 0 Å². The smallest absolute Gasteiger partial charge is 0.276 e. The van der Waals surface area contributed by atoms with Gasteiger partial charge in [-0.1, -0.05) is 32.0 Å². The van der Waals surface area contributed by atoms with Crippen LogP contribution in [0, 0.1) is 5.92 Å². The van der Waals surface area contributed by atoms with Crippen molar-refractivity contribution in [1.29, 1.82) is 0 Å². The third-order valence-corrected chi connectivity index (χ3v) is 4.68. The molecule has 0 spiro atoms. The average molecular weight is 327 g/mol. The van der Waals surface area contributed by atoms with Crippen LogP contribution in [-0.4, -0.2) is 39.5 Å². The molecule has 0 radical (unpaired) electrons. The van der Waals surface area contributed by atoms with Crippen molar-refractivity contribution >= 4 is 40.2 Å². The summed E-state index contributed by atoms with van der Waals surface area (Å²) in [5.41, 5.74) is 2.86. The highest BCUT2D eigenvalue weighted by Gasteiger charge is 2.32. The van der Waals surface area contributed by atoms with Gasteiger partial charge in [0, 0.05) is 43.3 Å². The number of rotatable bonds is 3. The minimum absolute atomic E-state index is 0.0572. The summed E-state index contributed by atoms with van der Waals surface area (Å²) < 4.78 is 2.26. The minimum Gasteiger partial charge on any atom is -0.347 e. The van der Waals surface area contributed by atoms with E-state index in [-0.39, 0.29) is 5.91 Å². The highest BCUT2D eigenvalue weighted by atomic mass is 32.1. The van der Waals surface area contributed by atoms with E-state index < -0.39 is 0 Å². The van der Waals surface area contributed by atoms with E-state index in [2.05, 4.69) is 36.7 Å². The van der Waals surface area contributed by atoms with Gasteiger partial charge < -0.3 is 9.47 Å². The van der Waals surface area contributed by atoms with E-state index in [0.717, 1.165) is 17.5 Å². The maximum absolute atomic E-state index is 12.4. The van der Waals surface area contributed by atoms with Crippen molar-refractivity contribution in [2.75, 3.05) is 14.1 Å². The first-order valence-corrected chi connectivity index (χ1v) is 8.16. The van der Waals surface area contributed by atoms with E-state index in [0.29, 0.717) is 16.7 Å². The van der Waals surface area contributed by atoms with Crippen molar-refractivity contribution in [3.63, 3.8) is 0 Å². The van der Waals surface area contributed by atoms with Crippen molar-refractivity contribution in [2.24, 2.45) is 5.92 Å². The van der Waals surface area contributed by atoms with E-state index in [1.807, 2.05) is 25.3 Å². The number of amides is 1. The molecule has 0 atom stereocenters.